The molecule has 0 atom stereocenters. The maximum absolute atomic E-state index is 8.66. The van der Waals surface area contributed by atoms with E-state index in [2.05, 4.69) is 23.2 Å². The summed E-state index contributed by atoms with van der Waals surface area (Å²) in [7, 11) is 0. The van der Waals surface area contributed by atoms with Gasteiger partial charge in [0, 0.05) is 17.1 Å². The number of aromatic nitrogens is 1. The lowest BCUT2D eigenvalue weighted by Gasteiger charge is -2.04. The van der Waals surface area contributed by atoms with Crippen LogP contribution in [0.25, 0.3) is 22.0 Å². The van der Waals surface area contributed by atoms with Crippen molar-refractivity contribution in [1.82, 2.24) is 4.98 Å². The van der Waals surface area contributed by atoms with Crippen molar-refractivity contribution in [3.8, 4) is 17.2 Å². The van der Waals surface area contributed by atoms with Crippen LogP contribution >= 0.6 is 0 Å². The Hall–Kier alpha value is -2.66. The molecule has 0 fully saturated rings. The topological polar surface area (TPSA) is 36.7 Å². The number of hydrogen-bond acceptors (Lipinski definition) is 2. The van der Waals surface area contributed by atoms with Gasteiger partial charge in [-0.05, 0) is 23.3 Å². The third-order valence-electron chi connectivity index (χ3n) is 3.16. The van der Waals surface area contributed by atoms with Crippen LogP contribution in [0.3, 0.4) is 0 Å². The highest BCUT2D eigenvalue weighted by Gasteiger charge is 2.01. The van der Waals surface area contributed by atoms with E-state index < -0.39 is 0 Å². The second-order valence-corrected chi connectivity index (χ2v) is 4.45. The molecule has 0 amide bonds. The molecule has 2 heteroatoms. The summed E-state index contributed by atoms with van der Waals surface area (Å²) in [5, 5.41) is 9.80. The molecule has 0 aliphatic carbocycles. The SMILES string of the molecule is N#CCc1ccc(-c2cnc3ccccc3c2)cc1. The van der Waals surface area contributed by atoms with Gasteiger partial charge >= 0.3 is 0 Å². The van der Waals surface area contributed by atoms with Crippen molar-refractivity contribution < 1.29 is 0 Å². The Morgan fingerprint density at radius 1 is 0.947 bits per heavy atom. The molecule has 2 nitrogen and oxygen atoms in total. The summed E-state index contributed by atoms with van der Waals surface area (Å²) in [5.41, 5.74) is 4.27. The van der Waals surface area contributed by atoms with Crippen molar-refractivity contribution in [1.29, 1.82) is 5.26 Å². The van der Waals surface area contributed by atoms with Gasteiger partial charge in [-0.15, -0.1) is 0 Å². The van der Waals surface area contributed by atoms with Crippen molar-refractivity contribution in [2.24, 2.45) is 0 Å². The molecular formula is C17H12N2. The Morgan fingerprint density at radius 3 is 2.53 bits per heavy atom. The smallest absolute Gasteiger partial charge is 0.0702 e. The van der Waals surface area contributed by atoms with E-state index in [9.17, 15) is 0 Å². The first-order valence-corrected chi connectivity index (χ1v) is 6.18. The molecule has 0 saturated heterocycles. The van der Waals surface area contributed by atoms with E-state index in [1.165, 1.54) is 0 Å². The molecule has 3 aromatic rings. The Kier molecular flexibility index (Phi) is 2.96. The average Bonchev–Trinajstić information content (AvgIpc) is 2.48. The maximum atomic E-state index is 8.66. The Labute approximate surface area is 112 Å². The molecular weight excluding hydrogens is 232 g/mol. The second kappa shape index (κ2) is 4.91. The van der Waals surface area contributed by atoms with Crippen molar-refractivity contribution in [3.63, 3.8) is 0 Å². The van der Waals surface area contributed by atoms with Crippen LogP contribution in [-0.4, -0.2) is 4.98 Å². The zero-order valence-corrected chi connectivity index (χ0v) is 10.4. The number of fused-ring (bicyclic) bond motifs is 1. The first-order valence-electron chi connectivity index (χ1n) is 6.18. The fraction of sp³-hybridized carbons (Fsp3) is 0.0588. The van der Waals surface area contributed by atoms with Crippen LogP contribution in [0.15, 0.2) is 60.8 Å². The van der Waals surface area contributed by atoms with E-state index in [0.717, 1.165) is 27.6 Å². The van der Waals surface area contributed by atoms with Gasteiger partial charge in [0.1, 0.15) is 0 Å². The van der Waals surface area contributed by atoms with E-state index in [1.54, 1.807) is 0 Å². The standard InChI is InChI=1S/C17H12N2/c18-10-9-13-5-7-14(8-6-13)16-11-15-3-1-2-4-17(15)19-12-16/h1-8,11-12H,9H2. The maximum Gasteiger partial charge on any atom is 0.0702 e. The summed E-state index contributed by atoms with van der Waals surface area (Å²) >= 11 is 0. The molecule has 0 radical (unpaired) electrons. The van der Waals surface area contributed by atoms with Gasteiger partial charge in [0.05, 0.1) is 18.0 Å². The Bertz CT molecular complexity index is 752. The van der Waals surface area contributed by atoms with Crippen LogP contribution in [0.2, 0.25) is 0 Å². The van der Waals surface area contributed by atoms with Crippen LogP contribution in [0, 0.1) is 11.3 Å². The number of para-hydroxylation sites is 1. The lowest BCUT2D eigenvalue weighted by Crippen LogP contribution is -1.85. The summed E-state index contributed by atoms with van der Waals surface area (Å²) in [6.07, 6.45) is 2.35. The molecule has 0 aliphatic heterocycles. The summed E-state index contributed by atoms with van der Waals surface area (Å²) < 4.78 is 0. The average molecular weight is 244 g/mol. The molecule has 0 unspecified atom stereocenters. The molecule has 90 valence electrons. The monoisotopic (exact) mass is 244 g/mol. The fourth-order valence-electron chi connectivity index (χ4n) is 2.14. The van der Waals surface area contributed by atoms with Gasteiger partial charge in [0.2, 0.25) is 0 Å². The first kappa shape index (κ1) is 11.4. The largest absolute Gasteiger partial charge is 0.256 e. The molecule has 1 aromatic heterocycles. The minimum atomic E-state index is 0.455. The highest BCUT2D eigenvalue weighted by Crippen LogP contribution is 2.23. The molecule has 0 saturated carbocycles. The van der Waals surface area contributed by atoms with Crippen molar-refractivity contribution >= 4 is 10.9 Å². The number of nitriles is 1. The summed E-state index contributed by atoms with van der Waals surface area (Å²) in [5.74, 6) is 0. The minimum Gasteiger partial charge on any atom is -0.256 e. The third-order valence-corrected chi connectivity index (χ3v) is 3.16. The lowest BCUT2D eigenvalue weighted by molar-refractivity contribution is 1.26. The zero-order valence-electron chi connectivity index (χ0n) is 10.4. The number of nitrogens with zero attached hydrogens (tertiary/aromatic N) is 2. The van der Waals surface area contributed by atoms with Crippen LogP contribution in [0.5, 0.6) is 0 Å². The van der Waals surface area contributed by atoms with Gasteiger partial charge in [-0.25, -0.2) is 0 Å². The van der Waals surface area contributed by atoms with Crippen molar-refractivity contribution in [2.45, 2.75) is 6.42 Å². The van der Waals surface area contributed by atoms with E-state index >= 15 is 0 Å². The highest BCUT2D eigenvalue weighted by molar-refractivity contribution is 5.83. The van der Waals surface area contributed by atoms with Crippen LogP contribution < -0.4 is 0 Å². The van der Waals surface area contributed by atoms with E-state index in [4.69, 9.17) is 5.26 Å². The van der Waals surface area contributed by atoms with Crippen molar-refractivity contribution in [2.75, 3.05) is 0 Å². The van der Waals surface area contributed by atoms with Crippen LogP contribution in [0.1, 0.15) is 5.56 Å². The number of rotatable bonds is 2. The van der Waals surface area contributed by atoms with Gasteiger partial charge in [-0.2, -0.15) is 5.26 Å². The molecule has 1 heterocycles. The molecule has 0 aliphatic rings. The highest BCUT2D eigenvalue weighted by atomic mass is 14.6. The first-order chi connectivity index (χ1) is 9.36. The van der Waals surface area contributed by atoms with Crippen LogP contribution in [0.4, 0.5) is 0 Å². The number of benzene rings is 2. The van der Waals surface area contributed by atoms with Crippen LogP contribution in [-0.2, 0) is 6.42 Å². The van der Waals surface area contributed by atoms with Gasteiger partial charge in [-0.1, -0.05) is 42.5 Å². The quantitative estimate of drug-likeness (QED) is 0.684. The summed E-state index contributed by atoms with van der Waals surface area (Å²) in [6, 6.07) is 20.4. The molecule has 3 rings (SSSR count). The predicted molar refractivity (Wildman–Crippen MR) is 76.5 cm³/mol. The van der Waals surface area contributed by atoms with Gasteiger partial charge in [0.25, 0.3) is 0 Å². The fourth-order valence-corrected chi connectivity index (χ4v) is 2.14. The van der Waals surface area contributed by atoms with Gasteiger partial charge < -0.3 is 0 Å². The third kappa shape index (κ3) is 2.31. The molecule has 0 bridgehead atoms. The second-order valence-electron chi connectivity index (χ2n) is 4.45. The molecule has 0 N–H and O–H groups in total. The number of pyridine rings is 1. The Morgan fingerprint density at radius 2 is 1.74 bits per heavy atom. The van der Waals surface area contributed by atoms with Gasteiger partial charge in [0.15, 0.2) is 0 Å². The summed E-state index contributed by atoms with van der Waals surface area (Å²) in [4.78, 5) is 4.46. The molecule has 2 aromatic carbocycles. The molecule has 19 heavy (non-hydrogen) atoms. The summed E-state index contributed by atoms with van der Waals surface area (Å²) in [6.45, 7) is 0. The predicted octanol–water partition coefficient (Wildman–Crippen LogP) is 3.97. The number of hydrogen-bond donors (Lipinski definition) is 0. The van der Waals surface area contributed by atoms with E-state index in [1.807, 2.05) is 48.7 Å². The molecule has 0 spiro atoms. The minimum absolute atomic E-state index is 0.455. The lowest BCUT2D eigenvalue weighted by atomic mass is 10.0. The van der Waals surface area contributed by atoms with Gasteiger partial charge in [-0.3, -0.25) is 4.98 Å². The van der Waals surface area contributed by atoms with E-state index in [-0.39, 0.29) is 0 Å². The zero-order chi connectivity index (χ0) is 13.1. The normalized spacial score (nSPS) is 10.3. The van der Waals surface area contributed by atoms with E-state index in [0.29, 0.717) is 6.42 Å². The van der Waals surface area contributed by atoms with Crippen molar-refractivity contribution in [3.05, 3.63) is 66.4 Å². The Balaban J connectivity index is 2.01.